The SMILES string of the molecule is O=S(=O)(NCCCCN1CCc2cccc3c2C1CC3)c1ccc(F)c2ccccc12. The third-order valence-corrected chi connectivity index (χ3v) is 8.22. The molecule has 1 heterocycles. The van der Waals surface area contributed by atoms with Crippen LogP contribution in [0.5, 0.6) is 0 Å². The summed E-state index contributed by atoms with van der Waals surface area (Å²) in [7, 11) is -3.69. The highest BCUT2D eigenvalue weighted by molar-refractivity contribution is 7.89. The number of nitrogens with one attached hydrogen (secondary N) is 1. The van der Waals surface area contributed by atoms with Crippen molar-refractivity contribution in [3.8, 4) is 0 Å². The Hall–Kier alpha value is -2.28. The quantitative estimate of drug-likeness (QED) is 0.549. The van der Waals surface area contributed by atoms with Gasteiger partial charge in [0.25, 0.3) is 0 Å². The fourth-order valence-corrected chi connectivity index (χ4v) is 6.50. The summed E-state index contributed by atoms with van der Waals surface area (Å²) >= 11 is 0. The second-order valence-electron chi connectivity index (χ2n) is 8.53. The topological polar surface area (TPSA) is 49.4 Å². The first-order valence-corrected chi connectivity index (χ1v) is 12.5. The number of unbranched alkanes of at least 4 members (excludes halogenated alkanes) is 1. The number of aryl methyl sites for hydroxylation is 1. The smallest absolute Gasteiger partial charge is 0.241 e. The fourth-order valence-electron chi connectivity index (χ4n) is 5.21. The average molecular weight is 439 g/mol. The molecular formula is C25H27FN2O2S. The van der Waals surface area contributed by atoms with E-state index in [0.29, 0.717) is 23.4 Å². The Morgan fingerprint density at radius 3 is 2.55 bits per heavy atom. The summed E-state index contributed by atoms with van der Waals surface area (Å²) in [5, 5.41) is 0.741. The molecule has 0 fully saturated rings. The van der Waals surface area contributed by atoms with E-state index in [9.17, 15) is 12.8 Å². The van der Waals surface area contributed by atoms with E-state index in [2.05, 4.69) is 27.8 Å². The van der Waals surface area contributed by atoms with E-state index < -0.39 is 15.8 Å². The van der Waals surface area contributed by atoms with Gasteiger partial charge >= 0.3 is 0 Å². The van der Waals surface area contributed by atoms with Crippen LogP contribution in [0.25, 0.3) is 10.8 Å². The highest BCUT2D eigenvalue weighted by Gasteiger charge is 2.32. The van der Waals surface area contributed by atoms with Crippen molar-refractivity contribution in [1.82, 2.24) is 9.62 Å². The summed E-state index contributed by atoms with van der Waals surface area (Å²) in [4.78, 5) is 2.71. The monoisotopic (exact) mass is 438 g/mol. The van der Waals surface area contributed by atoms with Crippen molar-refractivity contribution >= 4 is 20.8 Å². The number of fused-ring (bicyclic) bond motifs is 1. The molecule has 5 rings (SSSR count). The van der Waals surface area contributed by atoms with E-state index in [1.54, 1.807) is 29.8 Å². The van der Waals surface area contributed by atoms with Crippen LogP contribution in [-0.4, -0.2) is 33.0 Å². The number of hydrogen-bond donors (Lipinski definition) is 1. The van der Waals surface area contributed by atoms with Crippen LogP contribution in [0.2, 0.25) is 0 Å². The Labute approximate surface area is 183 Å². The summed E-state index contributed by atoms with van der Waals surface area (Å²) < 4.78 is 42.4. The molecule has 0 saturated carbocycles. The lowest BCUT2D eigenvalue weighted by molar-refractivity contribution is 0.182. The van der Waals surface area contributed by atoms with Crippen LogP contribution < -0.4 is 4.72 Å². The van der Waals surface area contributed by atoms with Gasteiger partial charge in [0.2, 0.25) is 10.0 Å². The predicted molar refractivity (Wildman–Crippen MR) is 121 cm³/mol. The van der Waals surface area contributed by atoms with E-state index in [-0.39, 0.29) is 4.90 Å². The lowest BCUT2D eigenvalue weighted by Crippen LogP contribution is -2.35. The molecule has 0 amide bonds. The second kappa shape index (κ2) is 8.34. The summed E-state index contributed by atoms with van der Waals surface area (Å²) in [6.45, 7) is 2.45. The molecule has 4 nitrogen and oxygen atoms in total. The number of sulfonamides is 1. The zero-order chi connectivity index (χ0) is 21.4. The van der Waals surface area contributed by atoms with Crippen LogP contribution in [0.3, 0.4) is 0 Å². The van der Waals surface area contributed by atoms with Gasteiger partial charge in [0.15, 0.2) is 0 Å². The zero-order valence-electron chi connectivity index (χ0n) is 17.5. The minimum atomic E-state index is -3.69. The van der Waals surface area contributed by atoms with E-state index in [1.807, 2.05) is 0 Å². The van der Waals surface area contributed by atoms with E-state index in [1.165, 1.54) is 29.7 Å². The number of nitrogens with zero attached hydrogens (tertiary/aromatic N) is 1. The molecular weight excluding hydrogens is 411 g/mol. The van der Waals surface area contributed by atoms with Crippen LogP contribution in [0, 0.1) is 5.82 Å². The highest BCUT2D eigenvalue weighted by atomic mass is 32.2. The molecule has 6 heteroatoms. The van der Waals surface area contributed by atoms with Crippen molar-refractivity contribution in [3.05, 3.63) is 77.1 Å². The van der Waals surface area contributed by atoms with Gasteiger partial charge in [-0.1, -0.05) is 42.5 Å². The van der Waals surface area contributed by atoms with Gasteiger partial charge in [-0.05, 0) is 67.5 Å². The Balaban J connectivity index is 1.18. The Bertz CT molecular complexity index is 1230. The minimum absolute atomic E-state index is 0.135. The normalized spacial score (nSPS) is 18.4. The van der Waals surface area contributed by atoms with E-state index in [0.717, 1.165) is 38.8 Å². The van der Waals surface area contributed by atoms with Gasteiger partial charge < -0.3 is 0 Å². The standard InChI is InChI=1S/C25H27FN2O2S/c26-22-11-13-24(21-9-2-1-8-20(21)22)31(29,30)27-15-3-4-16-28-17-14-19-7-5-6-18-10-12-23(28)25(18)19/h1-2,5-9,11,13,23,27H,3-4,10,12,14-17H2. The summed E-state index contributed by atoms with van der Waals surface area (Å²) in [6.07, 6.45) is 5.17. The van der Waals surface area contributed by atoms with Gasteiger partial charge in [-0.3, -0.25) is 4.90 Å². The maximum absolute atomic E-state index is 14.0. The number of hydrogen-bond acceptors (Lipinski definition) is 3. The van der Waals surface area contributed by atoms with Gasteiger partial charge in [0.05, 0.1) is 4.90 Å². The van der Waals surface area contributed by atoms with Crippen LogP contribution in [0.15, 0.2) is 59.5 Å². The molecule has 0 aromatic heterocycles. The lowest BCUT2D eigenvalue weighted by Gasteiger charge is -2.35. The molecule has 2 aliphatic rings. The van der Waals surface area contributed by atoms with Crippen molar-refractivity contribution in [2.75, 3.05) is 19.6 Å². The van der Waals surface area contributed by atoms with Gasteiger partial charge in [-0.2, -0.15) is 0 Å². The second-order valence-corrected chi connectivity index (χ2v) is 10.3. The predicted octanol–water partition coefficient (Wildman–Crippen LogP) is 4.58. The molecule has 0 spiro atoms. The van der Waals surface area contributed by atoms with Crippen LogP contribution in [0.1, 0.15) is 42.0 Å². The molecule has 1 unspecified atom stereocenters. The molecule has 1 aliphatic carbocycles. The van der Waals surface area contributed by atoms with Crippen molar-refractivity contribution < 1.29 is 12.8 Å². The maximum Gasteiger partial charge on any atom is 0.241 e. The average Bonchev–Trinajstić information content (AvgIpc) is 3.21. The van der Waals surface area contributed by atoms with Gasteiger partial charge in [0, 0.05) is 29.9 Å². The van der Waals surface area contributed by atoms with Gasteiger partial charge in [-0.15, -0.1) is 0 Å². The first-order chi connectivity index (χ1) is 15.0. The molecule has 0 radical (unpaired) electrons. The van der Waals surface area contributed by atoms with Crippen molar-refractivity contribution in [3.63, 3.8) is 0 Å². The molecule has 1 atom stereocenters. The molecule has 0 bridgehead atoms. The molecule has 3 aromatic carbocycles. The Kier molecular flexibility index (Phi) is 5.54. The Morgan fingerprint density at radius 1 is 0.935 bits per heavy atom. The maximum atomic E-state index is 14.0. The van der Waals surface area contributed by atoms with Crippen LogP contribution >= 0.6 is 0 Å². The lowest BCUT2D eigenvalue weighted by atomic mass is 9.93. The summed E-state index contributed by atoms with van der Waals surface area (Å²) in [5.74, 6) is -0.410. The number of halogens is 1. The Morgan fingerprint density at radius 2 is 1.71 bits per heavy atom. The largest absolute Gasteiger partial charge is 0.296 e. The van der Waals surface area contributed by atoms with Crippen molar-refractivity contribution in [2.24, 2.45) is 0 Å². The fraction of sp³-hybridized carbons (Fsp3) is 0.360. The van der Waals surface area contributed by atoms with E-state index in [4.69, 9.17) is 0 Å². The third kappa shape index (κ3) is 3.88. The van der Waals surface area contributed by atoms with Crippen molar-refractivity contribution in [1.29, 1.82) is 0 Å². The zero-order valence-corrected chi connectivity index (χ0v) is 18.3. The molecule has 3 aromatic rings. The number of benzene rings is 3. The number of rotatable bonds is 7. The van der Waals surface area contributed by atoms with Crippen LogP contribution in [0.4, 0.5) is 4.39 Å². The summed E-state index contributed by atoms with van der Waals surface area (Å²) in [5.41, 5.74) is 4.57. The molecule has 0 saturated heterocycles. The third-order valence-electron chi connectivity index (χ3n) is 6.70. The first kappa shape index (κ1) is 20.6. The van der Waals surface area contributed by atoms with Crippen molar-refractivity contribution in [2.45, 2.75) is 43.0 Å². The first-order valence-electron chi connectivity index (χ1n) is 11.1. The molecule has 162 valence electrons. The highest BCUT2D eigenvalue weighted by Crippen LogP contribution is 2.41. The van der Waals surface area contributed by atoms with Gasteiger partial charge in [0.1, 0.15) is 5.82 Å². The summed E-state index contributed by atoms with van der Waals surface area (Å²) in [6, 6.07) is 16.5. The molecule has 31 heavy (non-hydrogen) atoms. The van der Waals surface area contributed by atoms with E-state index >= 15 is 0 Å². The molecule has 1 aliphatic heterocycles. The minimum Gasteiger partial charge on any atom is -0.296 e. The van der Waals surface area contributed by atoms with Crippen LogP contribution in [-0.2, 0) is 22.9 Å². The van der Waals surface area contributed by atoms with Gasteiger partial charge in [-0.25, -0.2) is 17.5 Å². The molecule has 1 N–H and O–H groups in total.